The third-order valence-electron chi connectivity index (χ3n) is 10.8. The fourth-order valence-electron chi connectivity index (χ4n) is 7.82. The number of aryl methyl sites for hydroxylation is 1. The number of nitrogens with one attached hydrogen (secondary N) is 1. The van der Waals surface area contributed by atoms with Crippen LogP contribution in [0.5, 0.6) is 11.5 Å². The van der Waals surface area contributed by atoms with Crippen LogP contribution in [0.15, 0.2) is 54.1 Å². The molecule has 3 aliphatic rings. The average molecular weight is 768 g/mol. The second-order valence-corrected chi connectivity index (χ2v) is 15.0. The number of carbonyl (C=O) groups excluding carboxylic acids is 2. The minimum atomic E-state index is -2.30. The highest BCUT2D eigenvalue weighted by Crippen LogP contribution is 2.43. The van der Waals surface area contributed by atoms with Crippen molar-refractivity contribution in [3.63, 3.8) is 0 Å². The molecule has 5 rings (SSSR count). The van der Waals surface area contributed by atoms with E-state index in [-0.39, 0.29) is 61.5 Å². The molecule has 9 atom stereocenters. The normalized spacial score (nSPS) is 27.9. The Morgan fingerprint density at radius 2 is 1.91 bits per heavy atom. The maximum atomic E-state index is 14.6. The van der Waals surface area contributed by atoms with Crippen molar-refractivity contribution in [2.75, 3.05) is 26.9 Å². The van der Waals surface area contributed by atoms with Gasteiger partial charge in [0.05, 0.1) is 19.3 Å². The van der Waals surface area contributed by atoms with Gasteiger partial charge >= 0.3 is 11.9 Å². The minimum absolute atomic E-state index is 0.0393. The number of unbranched alkanes of at least 4 members (excludes halogenated alkanes) is 3. The predicted molar refractivity (Wildman–Crippen MR) is 203 cm³/mol. The molecule has 13 heteroatoms. The minimum Gasteiger partial charge on any atom is -0.504 e. The number of methoxy groups -OCH3 is 1. The summed E-state index contributed by atoms with van der Waals surface area (Å²) in [6, 6.07) is 9.89. The van der Waals surface area contributed by atoms with Crippen LogP contribution < -0.4 is 10.1 Å². The topological polar surface area (TPSA) is 204 Å². The molecule has 0 radical (unpaired) electrons. The number of rotatable bonds is 18. The first-order valence-corrected chi connectivity index (χ1v) is 19.4. The highest BCUT2D eigenvalue weighted by molar-refractivity contribution is 5.94. The molecule has 7 N–H and O–H groups in total. The lowest BCUT2D eigenvalue weighted by Crippen LogP contribution is -2.71. The monoisotopic (exact) mass is 767 g/mol. The molecule has 0 saturated carbocycles. The van der Waals surface area contributed by atoms with E-state index in [0.29, 0.717) is 24.8 Å². The summed E-state index contributed by atoms with van der Waals surface area (Å²) in [5, 5.41) is 67.1. The molecule has 0 spiro atoms. The number of hydrogen-bond donors (Lipinski definition) is 7. The molecule has 2 bridgehead atoms. The van der Waals surface area contributed by atoms with Crippen LogP contribution in [-0.4, -0.2) is 112 Å². The lowest BCUT2D eigenvalue weighted by atomic mass is 9.72. The van der Waals surface area contributed by atoms with E-state index >= 15 is 0 Å². The zero-order valence-corrected chi connectivity index (χ0v) is 31.9. The molecule has 1 aliphatic carbocycles. The van der Waals surface area contributed by atoms with Crippen molar-refractivity contribution in [3.05, 3.63) is 76.4 Å². The number of esters is 2. The highest BCUT2D eigenvalue weighted by Gasteiger charge is 2.60. The fourth-order valence-corrected chi connectivity index (χ4v) is 7.82. The summed E-state index contributed by atoms with van der Waals surface area (Å²) in [7, 11) is 1.40. The van der Waals surface area contributed by atoms with Gasteiger partial charge in [0.25, 0.3) is 0 Å². The first-order valence-electron chi connectivity index (χ1n) is 19.4. The molecule has 2 aliphatic heterocycles. The first kappa shape index (κ1) is 42.3. The molecular formula is C42H57NO12. The third kappa shape index (κ3) is 10.3. The second kappa shape index (κ2) is 19.4. The van der Waals surface area contributed by atoms with E-state index < -0.39 is 54.3 Å². The van der Waals surface area contributed by atoms with E-state index in [0.717, 1.165) is 42.4 Å². The van der Waals surface area contributed by atoms with Gasteiger partial charge in [0.1, 0.15) is 12.2 Å². The van der Waals surface area contributed by atoms with Crippen LogP contribution in [0.4, 0.5) is 0 Å². The summed E-state index contributed by atoms with van der Waals surface area (Å²) in [5.74, 6) is -4.31. The molecule has 13 nitrogen and oxygen atoms in total. The van der Waals surface area contributed by atoms with Crippen molar-refractivity contribution in [1.29, 1.82) is 0 Å². The van der Waals surface area contributed by atoms with Crippen LogP contribution >= 0.6 is 0 Å². The SMILES string of the molecule is CCCCCCC(=O)O[C@H]1[C@@H](O)[C@@H]2O[C@](O)(C=C[C@@H]2NC[C@H](C)O)[C@@H]1OC(=O)C(=Cc1ccc(O)c(OC)c1)C[C@H]1c2cc(CCO)ccc2CC[C@@H]1CO. The third-order valence-corrected chi connectivity index (χ3v) is 10.8. The number of aliphatic hydroxyl groups excluding tert-OH is 4. The molecule has 1 fully saturated rings. The number of phenolic OH excluding ortho intramolecular Hbond substituents is 1. The van der Waals surface area contributed by atoms with Crippen molar-refractivity contribution in [1.82, 2.24) is 5.32 Å². The van der Waals surface area contributed by atoms with Gasteiger partial charge in [-0.2, -0.15) is 0 Å². The van der Waals surface area contributed by atoms with Gasteiger partial charge in [-0.3, -0.25) is 4.79 Å². The Labute approximate surface area is 322 Å². The number of phenols is 1. The quantitative estimate of drug-likeness (QED) is 0.0505. The number of carbonyl (C=O) groups is 2. The molecule has 302 valence electrons. The number of fused-ring (bicyclic) bond motifs is 3. The summed E-state index contributed by atoms with van der Waals surface area (Å²) in [6.07, 6.45) is 3.07. The van der Waals surface area contributed by atoms with Crippen LogP contribution in [0.25, 0.3) is 6.08 Å². The Morgan fingerprint density at radius 3 is 2.62 bits per heavy atom. The van der Waals surface area contributed by atoms with Gasteiger partial charge in [0.2, 0.25) is 5.79 Å². The molecular weight excluding hydrogens is 710 g/mol. The van der Waals surface area contributed by atoms with Gasteiger partial charge in [-0.1, -0.05) is 56.5 Å². The van der Waals surface area contributed by atoms with Gasteiger partial charge in [-0.05, 0) is 97.4 Å². The van der Waals surface area contributed by atoms with Gasteiger partial charge in [-0.15, -0.1) is 0 Å². The van der Waals surface area contributed by atoms with Gasteiger partial charge < -0.3 is 54.9 Å². The van der Waals surface area contributed by atoms with Crippen molar-refractivity contribution in [3.8, 4) is 11.5 Å². The number of aliphatic hydroxyl groups is 5. The molecule has 55 heavy (non-hydrogen) atoms. The summed E-state index contributed by atoms with van der Waals surface area (Å²) in [6.45, 7) is 3.62. The molecule has 0 amide bonds. The second-order valence-electron chi connectivity index (χ2n) is 15.0. The van der Waals surface area contributed by atoms with E-state index in [9.17, 15) is 40.2 Å². The Balaban J connectivity index is 1.53. The Morgan fingerprint density at radius 1 is 1.11 bits per heavy atom. The van der Waals surface area contributed by atoms with Gasteiger partial charge in [-0.25, -0.2) is 4.79 Å². The Hall–Kier alpha value is -3.82. The number of hydrogen-bond acceptors (Lipinski definition) is 13. The lowest BCUT2D eigenvalue weighted by molar-refractivity contribution is -0.333. The number of ether oxygens (including phenoxy) is 4. The van der Waals surface area contributed by atoms with Crippen molar-refractivity contribution in [2.24, 2.45) is 5.92 Å². The van der Waals surface area contributed by atoms with Crippen molar-refractivity contribution >= 4 is 18.0 Å². The molecule has 0 aromatic heterocycles. The molecule has 1 saturated heterocycles. The van der Waals surface area contributed by atoms with Gasteiger partial charge in [0.15, 0.2) is 23.7 Å². The van der Waals surface area contributed by atoms with Crippen molar-refractivity contribution < 1.29 is 59.2 Å². The average Bonchev–Trinajstić information content (AvgIpc) is 3.17. The zero-order valence-electron chi connectivity index (χ0n) is 31.9. The van der Waals surface area contributed by atoms with E-state index in [4.69, 9.17) is 18.9 Å². The predicted octanol–water partition coefficient (Wildman–Crippen LogP) is 3.20. The summed E-state index contributed by atoms with van der Waals surface area (Å²) < 4.78 is 23.3. The van der Waals surface area contributed by atoms with Crippen LogP contribution in [0.3, 0.4) is 0 Å². The van der Waals surface area contributed by atoms with Crippen LogP contribution in [0.1, 0.15) is 87.0 Å². The number of benzene rings is 2. The summed E-state index contributed by atoms with van der Waals surface area (Å²) in [5.41, 5.74) is 3.55. The van der Waals surface area contributed by atoms with Crippen molar-refractivity contribution in [2.45, 2.75) is 120 Å². The summed E-state index contributed by atoms with van der Waals surface area (Å²) >= 11 is 0. The zero-order chi connectivity index (χ0) is 39.7. The standard InChI is InChI=1S/C42H57NO12/c1-4-5-6-7-8-36(48)53-39-37(49)38-33(43-23-25(2)46)15-17-42(51,55-38)40(39)54-41(50)30(19-27-10-14-34(47)35(21-27)52-3)22-32-29(24-45)13-12-28-11-9-26(16-18-44)20-31(28)32/h9-11,14-15,17,19-21,25,29,32-33,37-40,43-47,49,51H,4-8,12-13,16,18,22-24H2,1-3H3/t25-,29+,32+,33-,37-,38+,39-,40+,42+/m0/s1. The Bertz CT molecular complexity index is 1680. The number of aromatic hydroxyl groups is 1. The molecule has 2 heterocycles. The van der Waals surface area contributed by atoms with E-state index in [1.165, 1.54) is 19.3 Å². The van der Waals surface area contributed by atoms with Gasteiger partial charge in [0, 0.05) is 31.8 Å². The van der Waals surface area contributed by atoms with E-state index in [2.05, 4.69) is 12.2 Å². The smallest absolute Gasteiger partial charge is 0.334 e. The molecule has 2 aromatic rings. The van der Waals surface area contributed by atoms with Crippen LogP contribution in [0.2, 0.25) is 0 Å². The molecule has 2 aromatic carbocycles. The van der Waals surface area contributed by atoms with E-state index in [1.807, 2.05) is 18.2 Å². The highest BCUT2D eigenvalue weighted by atomic mass is 16.7. The van der Waals surface area contributed by atoms with E-state index in [1.54, 1.807) is 31.2 Å². The summed E-state index contributed by atoms with van der Waals surface area (Å²) in [4.78, 5) is 27.8. The Kier molecular flexibility index (Phi) is 14.9. The maximum Gasteiger partial charge on any atom is 0.334 e. The first-order chi connectivity index (χ1) is 26.4. The van der Waals surface area contributed by atoms with Crippen LogP contribution in [-0.2, 0) is 36.6 Å². The molecule has 0 unspecified atom stereocenters. The fraction of sp³-hybridized carbons (Fsp3) is 0.571. The van der Waals surface area contributed by atoms with Crippen LogP contribution in [0, 0.1) is 5.92 Å². The largest absolute Gasteiger partial charge is 0.504 e. The lowest BCUT2D eigenvalue weighted by Gasteiger charge is -2.51. The maximum absolute atomic E-state index is 14.6.